The number of hydrogen-bond acceptors (Lipinski definition) is 4. The van der Waals surface area contributed by atoms with Crippen molar-refractivity contribution in [2.75, 3.05) is 12.4 Å². The number of aryl methyl sites for hydroxylation is 1. The third kappa shape index (κ3) is 3.22. The zero-order valence-corrected chi connectivity index (χ0v) is 12.5. The lowest BCUT2D eigenvalue weighted by molar-refractivity contribution is 0.101. The molecule has 1 amide bonds. The van der Waals surface area contributed by atoms with Crippen LogP contribution in [0.5, 0.6) is 5.75 Å². The molecule has 0 aliphatic carbocycles. The maximum atomic E-state index is 12.2. The summed E-state index contributed by atoms with van der Waals surface area (Å²) in [5.74, 6) is -0.293. The van der Waals surface area contributed by atoms with Crippen LogP contribution in [0.4, 0.5) is 5.69 Å². The Morgan fingerprint density at radius 3 is 2.36 bits per heavy atom. The molecule has 0 bridgehead atoms. The lowest BCUT2D eigenvalue weighted by Crippen LogP contribution is -2.21. The minimum absolute atomic E-state index is 0.0459. The average molecular weight is 300 g/mol. The lowest BCUT2D eigenvalue weighted by atomic mass is 10.1. The molecule has 1 heterocycles. The molecule has 0 aliphatic rings. The fourth-order valence-electron chi connectivity index (χ4n) is 1.97. The van der Waals surface area contributed by atoms with Crippen LogP contribution in [0.3, 0.4) is 0 Å². The Bertz CT molecular complexity index is 776. The van der Waals surface area contributed by atoms with Gasteiger partial charge in [-0.05, 0) is 31.2 Å². The van der Waals surface area contributed by atoms with Crippen molar-refractivity contribution in [3.05, 3.63) is 58.0 Å². The highest BCUT2D eigenvalue weighted by molar-refractivity contribution is 6.03. The second-order valence-electron chi connectivity index (χ2n) is 4.79. The van der Waals surface area contributed by atoms with Crippen LogP contribution in [-0.2, 0) is 7.05 Å². The number of carbonyl (C=O) groups excluding carboxylic acids is 2. The topological polar surface area (TPSA) is 77.4 Å². The second kappa shape index (κ2) is 6.26. The molecule has 1 aromatic heterocycles. The largest absolute Gasteiger partial charge is 0.491 e. The molecule has 22 heavy (non-hydrogen) atoms. The third-order valence-electron chi connectivity index (χ3n) is 3.20. The van der Waals surface area contributed by atoms with Gasteiger partial charge in [-0.3, -0.25) is 14.4 Å². The summed E-state index contributed by atoms with van der Waals surface area (Å²) in [6, 6.07) is 7.75. The lowest BCUT2D eigenvalue weighted by Gasteiger charge is -2.11. The molecule has 1 N–H and O–H groups in total. The molecule has 0 fully saturated rings. The highest BCUT2D eigenvalue weighted by Crippen LogP contribution is 2.12. The van der Waals surface area contributed by atoms with Gasteiger partial charge in [-0.15, -0.1) is 0 Å². The number of nitrogens with one attached hydrogen (secondary N) is 1. The first kappa shape index (κ1) is 15.5. The number of Topliss-reactive ketones (excluding diaryl/α,β-unsaturated/α-hetero) is 1. The smallest absolute Gasteiger partial charge is 0.272 e. The quantitative estimate of drug-likeness (QED) is 0.874. The number of benzene rings is 1. The van der Waals surface area contributed by atoms with Gasteiger partial charge in [0.2, 0.25) is 5.43 Å². The monoisotopic (exact) mass is 300 g/mol. The number of ketones is 1. The van der Waals surface area contributed by atoms with Gasteiger partial charge < -0.3 is 14.6 Å². The van der Waals surface area contributed by atoms with E-state index >= 15 is 0 Å². The fraction of sp³-hybridized carbons (Fsp3) is 0.188. The van der Waals surface area contributed by atoms with Crippen LogP contribution in [0.1, 0.15) is 27.8 Å². The molecule has 6 nitrogen and oxygen atoms in total. The van der Waals surface area contributed by atoms with Crippen LogP contribution >= 0.6 is 0 Å². The maximum absolute atomic E-state index is 12.2. The molecular formula is C16H16N2O4. The highest BCUT2D eigenvalue weighted by Gasteiger charge is 2.12. The zero-order valence-electron chi connectivity index (χ0n) is 12.5. The number of amides is 1. The van der Waals surface area contributed by atoms with E-state index in [9.17, 15) is 14.4 Å². The molecule has 2 rings (SSSR count). The van der Waals surface area contributed by atoms with E-state index in [0.717, 1.165) is 0 Å². The molecule has 0 spiro atoms. The Balaban J connectivity index is 2.24. The molecule has 2 aromatic rings. The molecule has 0 atom stereocenters. The summed E-state index contributed by atoms with van der Waals surface area (Å²) in [6.45, 7) is 1.47. The second-order valence-corrected chi connectivity index (χ2v) is 4.79. The van der Waals surface area contributed by atoms with Gasteiger partial charge in [-0.2, -0.15) is 0 Å². The van der Waals surface area contributed by atoms with Gasteiger partial charge in [-0.25, -0.2) is 0 Å². The van der Waals surface area contributed by atoms with Crippen molar-refractivity contribution in [2.45, 2.75) is 6.92 Å². The van der Waals surface area contributed by atoms with Gasteiger partial charge in [0.1, 0.15) is 5.69 Å². The number of hydrogen-bond donors (Lipinski definition) is 1. The van der Waals surface area contributed by atoms with Crippen molar-refractivity contribution in [3.8, 4) is 5.75 Å². The predicted octanol–water partition coefficient (Wildman–Crippen LogP) is 1.85. The summed E-state index contributed by atoms with van der Waals surface area (Å²) in [7, 11) is 3.04. The van der Waals surface area contributed by atoms with Crippen LogP contribution in [0, 0.1) is 0 Å². The van der Waals surface area contributed by atoms with E-state index in [1.54, 1.807) is 31.3 Å². The number of aromatic nitrogens is 1. The van der Waals surface area contributed by atoms with Crippen molar-refractivity contribution >= 4 is 17.4 Å². The van der Waals surface area contributed by atoms with E-state index in [2.05, 4.69) is 5.32 Å². The first-order valence-electron chi connectivity index (χ1n) is 6.59. The van der Waals surface area contributed by atoms with Gasteiger partial charge in [-0.1, -0.05) is 0 Å². The van der Waals surface area contributed by atoms with Crippen LogP contribution in [-0.4, -0.2) is 23.4 Å². The van der Waals surface area contributed by atoms with Crippen molar-refractivity contribution in [2.24, 2.45) is 7.05 Å². The van der Waals surface area contributed by atoms with E-state index in [4.69, 9.17) is 4.74 Å². The SMILES string of the molecule is COc1cn(C)c(C(=O)Nc2ccc(C(C)=O)cc2)cc1=O. The number of rotatable bonds is 4. The van der Waals surface area contributed by atoms with E-state index in [-0.39, 0.29) is 22.7 Å². The van der Waals surface area contributed by atoms with E-state index in [1.165, 1.54) is 30.9 Å². The van der Waals surface area contributed by atoms with Gasteiger partial charge in [0.25, 0.3) is 5.91 Å². The van der Waals surface area contributed by atoms with Crippen LogP contribution in [0.15, 0.2) is 41.3 Å². The molecule has 6 heteroatoms. The number of anilines is 1. The zero-order chi connectivity index (χ0) is 16.3. The van der Waals surface area contributed by atoms with Gasteiger partial charge in [0.05, 0.1) is 13.3 Å². The number of nitrogens with zero attached hydrogens (tertiary/aromatic N) is 1. The first-order chi connectivity index (χ1) is 10.4. The fourth-order valence-corrected chi connectivity index (χ4v) is 1.97. The predicted molar refractivity (Wildman–Crippen MR) is 82.6 cm³/mol. The van der Waals surface area contributed by atoms with Gasteiger partial charge >= 0.3 is 0 Å². The Morgan fingerprint density at radius 1 is 1.18 bits per heavy atom. The molecular weight excluding hydrogens is 284 g/mol. The van der Waals surface area contributed by atoms with Gasteiger partial charge in [0.15, 0.2) is 11.5 Å². The normalized spacial score (nSPS) is 10.1. The van der Waals surface area contributed by atoms with Crippen LogP contribution < -0.4 is 15.5 Å². The maximum Gasteiger partial charge on any atom is 0.272 e. The van der Waals surface area contributed by atoms with Crippen molar-refractivity contribution in [1.29, 1.82) is 0 Å². The van der Waals surface area contributed by atoms with Crippen LogP contribution in [0.2, 0.25) is 0 Å². The standard InChI is InChI=1S/C16H16N2O4/c1-10(19)11-4-6-12(7-5-11)17-16(21)13-8-14(20)15(22-3)9-18(13)2/h4-9H,1-3H3,(H,17,21). The summed E-state index contributed by atoms with van der Waals surface area (Å²) >= 11 is 0. The van der Waals surface area contributed by atoms with Crippen molar-refractivity contribution < 1.29 is 14.3 Å². The van der Waals surface area contributed by atoms with E-state index in [0.29, 0.717) is 11.3 Å². The number of methoxy groups -OCH3 is 1. The number of carbonyl (C=O) groups is 2. The highest BCUT2D eigenvalue weighted by atomic mass is 16.5. The third-order valence-corrected chi connectivity index (χ3v) is 3.20. The average Bonchev–Trinajstić information content (AvgIpc) is 2.49. The number of pyridine rings is 1. The molecule has 0 saturated heterocycles. The Morgan fingerprint density at radius 2 is 1.82 bits per heavy atom. The van der Waals surface area contributed by atoms with E-state index in [1.807, 2.05) is 0 Å². The number of ether oxygens (including phenoxy) is 1. The van der Waals surface area contributed by atoms with Gasteiger partial charge in [0, 0.05) is 24.4 Å². The summed E-state index contributed by atoms with van der Waals surface area (Å²) in [6.07, 6.45) is 1.45. The first-order valence-corrected chi connectivity index (χ1v) is 6.59. The molecule has 114 valence electrons. The molecule has 0 saturated carbocycles. The molecule has 0 radical (unpaired) electrons. The molecule has 0 unspecified atom stereocenters. The van der Waals surface area contributed by atoms with E-state index < -0.39 is 5.91 Å². The minimum Gasteiger partial charge on any atom is -0.491 e. The summed E-state index contributed by atoms with van der Waals surface area (Å²) in [4.78, 5) is 35.2. The van der Waals surface area contributed by atoms with Crippen molar-refractivity contribution in [3.63, 3.8) is 0 Å². The minimum atomic E-state index is -0.419. The summed E-state index contributed by atoms with van der Waals surface area (Å²) in [5.41, 5.74) is 0.951. The Labute approximate surface area is 127 Å². The summed E-state index contributed by atoms with van der Waals surface area (Å²) < 4.78 is 6.43. The molecule has 1 aromatic carbocycles. The van der Waals surface area contributed by atoms with Crippen LogP contribution in [0.25, 0.3) is 0 Å². The van der Waals surface area contributed by atoms with Crippen molar-refractivity contribution in [1.82, 2.24) is 4.57 Å². The summed E-state index contributed by atoms with van der Waals surface area (Å²) in [5, 5.41) is 2.68. The molecule has 0 aliphatic heterocycles. The Hall–Kier alpha value is -2.89. The Kier molecular flexibility index (Phi) is 4.41.